The molecule has 0 unspecified atom stereocenters. The molecule has 0 aliphatic carbocycles. The lowest BCUT2D eigenvalue weighted by Gasteiger charge is -2.17. The number of rotatable bonds is 1. The molecule has 1 saturated heterocycles. The van der Waals surface area contributed by atoms with Gasteiger partial charge in [0.15, 0.2) is 0 Å². The first-order valence-corrected chi connectivity index (χ1v) is 10.4. The lowest BCUT2D eigenvalue weighted by atomic mass is 9.98. The van der Waals surface area contributed by atoms with E-state index < -0.39 is 0 Å². The van der Waals surface area contributed by atoms with Gasteiger partial charge in [-0.3, -0.25) is 4.68 Å². The van der Waals surface area contributed by atoms with Gasteiger partial charge in [0.25, 0.3) is 0 Å². The fourth-order valence-electron chi connectivity index (χ4n) is 3.10. The van der Waals surface area contributed by atoms with E-state index in [9.17, 15) is 0 Å². The van der Waals surface area contributed by atoms with Gasteiger partial charge in [-0.1, -0.05) is 45.7 Å². The third kappa shape index (κ3) is 5.68. The molecule has 1 fully saturated rings. The van der Waals surface area contributed by atoms with Gasteiger partial charge in [0.2, 0.25) is 0 Å². The van der Waals surface area contributed by atoms with Gasteiger partial charge in [-0.05, 0) is 54.9 Å². The number of piperidine rings is 1. The van der Waals surface area contributed by atoms with Crippen molar-refractivity contribution >= 4 is 10.8 Å². The minimum atomic E-state index is 0.491. The Kier molecular flexibility index (Phi) is 8.71. The standard InChI is InChI=1S/C20H20N4.2C2H6/c1-24-14-19(13-23-24)16-3-4-17-12-22-20(11-18(17)10-16)5-2-15-6-8-21-9-7-15;2*1-2/h3-4,10-15,21H,6-9H2,1H3;2*1-2H3. The van der Waals surface area contributed by atoms with Crippen molar-refractivity contribution in [2.24, 2.45) is 13.0 Å². The maximum absolute atomic E-state index is 4.49. The Morgan fingerprint density at radius 2 is 1.71 bits per heavy atom. The van der Waals surface area contributed by atoms with Crippen LogP contribution in [0.4, 0.5) is 0 Å². The molecule has 28 heavy (non-hydrogen) atoms. The van der Waals surface area contributed by atoms with E-state index in [1.54, 1.807) is 0 Å². The second kappa shape index (κ2) is 11.3. The summed E-state index contributed by atoms with van der Waals surface area (Å²) in [7, 11) is 1.93. The zero-order valence-corrected chi connectivity index (χ0v) is 17.8. The SMILES string of the molecule is CC.CC.Cn1cc(-c2ccc3cnc(C#CC4CCNCC4)cc3c2)cn1. The highest BCUT2D eigenvalue weighted by atomic mass is 15.2. The van der Waals surface area contributed by atoms with Crippen LogP contribution >= 0.6 is 0 Å². The Hall–Kier alpha value is -2.64. The monoisotopic (exact) mass is 376 g/mol. The third-order valence-electron chi connectivity index (χ3n) is 4.50. The molecular weight excluding hydrogens is 344 g/mol. The highest BCUT2D eigenvalue weighted by Gasteiger charge is 2.09. The molecular formula is C24H32N4. The highest BCUT2D eigenvalue weighted by molar-refractivity contribution is 5.87. The first-order chi connectivity index (χ1) is 13.8. The number of fused-ring (bicyclic) bond motifs is 1. The van der Waals surface area contributed by atoms with E-state index in [4.69, 9.17) is 0 Å². The molecule has 2 aromatic heterocycles. The third-order valence-corrected chi connectivity index (χ3v) is 4.50. The number of nitrogens with one attached hydrogen (secondary N) is 1. The first-order valence-electron chi connectivity index (χ1n) is 10.4. The minimum Gasteiger partial charge on any atom is -0.317 e. The lowest BCUT2D eigenvalue weighted by molar-refractivity contribution is 0.447. The summed E-state index contributed by atoms with van der Waals surface area (Å²) in [4.78, 5) is 4.49. The summed E-state index contributed by atoms with van der Waals surface area (Å²) in [5.41, 5.74) is 3.14. The topological polar surface area (TPSA) is 42.7 Å². The number of hydrogen-bond donors (Lipinski definition) is 1. The van der Waals surface area contributed by atoms with Gasteiger partial charge in [0, 0.05) is 36.3 Å². The number of benzene rings is 1. The van der Waals surface area contributed by atoms with Gasteiger partial charge in [0.05, 0.1) is 6.20 Å². The maximum Gasteiger partial charge on any atom is 0.113 e. The Balaban J connectivity index is 0.000000660. The summed E-state index contributed by atoms with van der Waals surface area (Å²) in [6.07, 6.45) is 8.09. The van der Waals surface area contributed by atoms with Crippen LogP contribution in [-0.2, 0) is 7.05 Å². The molecule has 4 nitrogen and oxygen atoms in total. The summed E-state index contributed by atoms with van der Waals surface area (Å²) in [5.74, 6) is 7.14. The van der Waals surface area contributed by atoms with Gasteiger partial charge < -0.3 is 5.32 Å². The predicted octanol–water partition coefficient (Wildman–Crippen LogP) is 5.04. The number of nitrogens with zero attached hydrogens (tertiary/aromatic N) is 3. The van der Waals surface area contributed by atoms with Gasteiger partial charge >= 0.3 is 0 Å². The first kappa shape index (κ1) is 21.7. The zero-order valence-electron chi connectivity index (χ0n) is 17.8. The summed E-state index contributed by atoms with van der Waals surface area (Å²) >= 11 is 0. The summed E-state index contributed by atoms with van der Waals surface area (Å²) in [6.45, 7) is 10.1. The Morgan fingerprint density at radius 3 is 2.39 bits per heavy atom. The van der Waals surface area contributed by atoms with Crippen molar-refractivity contribution in [1.82, 2.24) is 20.1 Å². The van der Waals surface area contributed by atoms with Crippen molar-refractivity contribution in [2.75, 3.05) is 13.1 Å². The normalized spacial score (nSPS) is 13.5. The summed E-state index contributed by atoms with van der Waals surface area (Å²) in [5, 5.41) is 9.92. The van der Waals surface area contributed by atoms with Crippen LogP contribution in [0.5, 0.6) is 0 Å². The fourth-order valence-corrected chi connectivity index (χ4v) is 3.10. The van der Waals surface area contributed by atoms with Crippen molar-refractivity contribution < 1.29 is 0 Å². The Morgan fingerprint density at radius 1 is 0.964 bits per heavy atom. The smallest absolute Gasteiger partial charge is 0.113 e. The van der Waals surface area contributed by atoms with Crippen molar-refractivity contribution in [1.29, 1.82) is 0 Å². The van der Waals surface area contributed by atoms with Crippen molar-refractivity contribution in [2.45, 2.75) is 40.5 Å². The molecule has 1 aliphatic rings. The number of hydrogen-bond acceptors (Lipinski definition) is 3. The molecule has 0 amide bonds. The Bertz CT molecular complexity index is 924. The van der Waals surface area contributed by atoms with E-state index in [2.05, 4.69) is 51.5 Å². The van der Waals surface area contributed by atoms with E-state index in [0.29, 0.717) is 5.92 Å². The van der Waals surface area contributed by atoms with Crippen LogP contribution in [0.1, 0.15) is 46.2 Å². The van der Waals surface area contributed by atoms with Crippen LogP contribution in [-0.4, -0.2) is 27.9 Å². The Labute approximate surface area is 169 Å². The van der Waals surface area contributed by atoms with Crippen molar-refractivity contribution in [3.8, 4) is 23.0 Å². The molecule has 3 aromatic rings. The average Bonchev–Trinajstić information content (AvgIpc) is 3.21. The molecule has 1 N–H and O–H groups in total. The molecule has 1 aliphatic heterocycles. The van der Waals surface area contributed by atoms with Crippen LogP contribution in [0, 0.1) is 17.8 Å². The van der Waals surface area contributed by atoms with Crippen LogP contribution in [0.25, 0.3) is 21.9 Å². The molecule has 0 spiro atoms. The second-order valence-electron chi connectivity index (χ2n) is 6.33. The molecule has 3 heterocycles. The van der Waals surface area contributed by atoms with Gasteiger partial charge in [0.1, 0.15) is 5.69 Å². The van der Waals surface area contributed by atoms with Gasteiger partial charge in [-0.25, -0.2) is 4.98 Å². The molecule has 4 rings (SSSR count). The van der Waals surface area contributed by atoms with Crippen LogP contribution < -0.4 is 5.32 Å². The molecule has 0 radical (unpaired) electrons. The minimum absolute atomic E-state index is 0.491. The van der Waals surface area contributed by atoms with Gasteiger partial charge in [-0.15, -0.1) is 0 Å². The number of pyridine rings is 1. The van der Waals surface area contributed by atoms with Crippen molar-refractivity contribution in [3.05, 3.63) is 48.5 Å². The van der Waals surface area contributed by atoms with E-state index in [1.165, 1.54) is 10.9 Å². The van der Waals surface area contributed by atoms with Crippen molar-refractivity contribution in [3.63, 3.8) is 0 Å². The van der Waals surface area contributed by atoms with E-state index in [-0.39, 0.29) is 0 Å². The largest absolute Gasteiger partial charge is 0.317 e. The van der Waals surface area contributed by atoms with Crippen LogP contribution in [0.15, 0.2) is 42.9 Å². The van der Waals surface area contributed by atoms with E-state index >= 15 is 0 Å². The summed E-state index contributed by atoms with van der Waals surface area (Å²) < 4.78 is 1.82. The quantitative estimate of drug-likeness (QED) is 0.605. The van der Waals surface area contributed by atoms with Gasteiger partial charge in [-0.2, -0.15) is 5.10 Å². The molecule has 0 bridgehead atoms. The molecule has 1 aromatic carbocycles. The highest BCUT2D eigenvalue weighted by Crippen LogP contribution is 2.24. The fraction of sp³-hybridized carbons (Fsp3) is 0.417. The van der Waals surface area contributed by atoms with Crippen LogP contribution in [0.2, 0.25) is 0 Å². The van der Waals surface area contributed by atoms with E-state index in [0.717, 1.165) is 42.6 Å². The molecule has 4 heteroatoms. The van der Waals surface area contributed by atoms with Crippen LogP contribution in [0.3, 0.4) is 0 Å². The molecule has 0 saturated carbocycles. The zero-order chi connectivity index (χ0) is 20.4. The number of aryl methyl sites for hydroxylation is 1. The second-order valence-corrected chi connectivity index (χ2v) is 6.33. The lowest BCUT2D eigenvalue weighted by Crippen LogP contribution is -2.26. The molecule has 0 atom stereocenters. The number of aromatic nitrogens is 3. The predicted molar refractivity (Wildman–Crippen MR) is 119 cm³/mol. The average molecular weight is 377 g/mol. The maximum atomic E-state index is 4.49. The summed E-state index contributed by atoms with van der Waals surface area (Å²) in [6, 6.07) is 8.49. The molecule has 148 valence electrons. The van der Waals surface area contributed by atoms with E-state index in [1.807, 2.05) is 58.0 Å².